The first-order valence-corrected chi connectivity index (χ1v) is 8.32. The van der Waals surface area contributed by atoms with Crippen LogP contribution in [0.4, 0.5) is 19.0 Å². The number of ether oxygens (including phenoxy) is 1. The summed E-state index contributed by atoms with van der Waals surface area (Å²) in [6, 6.07) is 1.61. The van der Waals surface area contributed by atoms with E-state index in [1.807, 2.05) is 0 Å². The molecule has 6 nitrogen and oxygen atoms in total. The number of hydrogen-bond donors (Lipinski definition) is 2. The van der Waals surface area contributed by atoms with Crippen molar-refractivity contribution in [3.63, 3.8) is 0 Å². The molecule has 3 heterocycles. The van der Waals surface area contributed by atoms with E-state index in [0.29, 0.717) is 31.9 Å². The third-order valence-electron chi connectivity index (χ3n) is 4.92. The second-order valence-corrected chi connectivity index (χ2v) is 6.52. The average molecular weight is 367 g/mol. The van der Waals surface area contributed by atoms with Crippen molar-refractivity contribution >= 4 is 11.7 Å². The molecule has 9 heteroatoms. The van der Waals surface area contributed by atoms with Gasteiger partial charge in [0.25, 0.3) is 5.56 Å². The molecule has 1 atom stereocenters. The van der Waals surface area contributed by atoms with Gasteiger partial charge in [0.05, 0.1) is 11.6 Å². The number of carbonyl (C=O) groups is 1. The lowest BCUT2D eigenvalue weighted by atomic mass is 9.87. The lowest BCUT2D eigenvalue weighted by Gasteiger charge is -2.28. The highest BCUT2D eigenvalue weighted by molar-refractivity contribution is 5.94. The van der Waals surface area contributed by atoms with Crippen LogP contribution in [-0.4, -0.2) is 28.9 Å². The number of carbonyl (C=O) groups excluding carboxylic acids is 1. The number of nitrogens with one attached hydrogen (secondary N) is 2. The Hall–Kier alpha value is -2.55. The van der Waals surface area contributed by atoms with Crippen molar-refractivity contribution < 1.29 is 22.7 Å². The summed E-state index contributed by atoms with van der Waals surface area (Å²) >= 11 is 0. The Bertz CT molecular complexity index is 908. The maximum atomic E-state index is 13.6. The minimum atomic E-state index is -1.58. The maximum Gasteiger partial charge on any atom is 0.270 e. The van der Waals surface area contributed by atoms with Crippen molar-refractivity contribution in [2.24, 2.45) is 0 Å². The van der Waals surface area contributed by atoms with Gasteiger partial charge in [-0.1, -0.05) is 0 Å². The molecule has 2 aliphatic rings. The molecule has 0 bridgehead atoms. The highest BCUT2D eigenvalue weighted by Gasteiger charge is 2.35. The van der Waals surface area contributed by atoms with Crippen molar-refractivity contribution in [1.29, 1.82) is 0 Å². The molecule has 0 saturated carbocycles. The fourth-order valence-corrected chi connectivity index (χ4v) is 3.66. The average Bonchev–Trinajstić information content (AvgIpc) is 2.96. The molecule has 0 aliphatic carbocycles. The number of fused-ring (bicyclic) bond motifs is 1. The number of anilines is 1. The quantitative estimate of drug-likeness (QED) is 0.801. The molecule has 4 rings (SSSR count). The van der Waals surface area contributed by atoms with Gasteiger partial charge in [0.2, 0.25) is 5.91 Å². The molecule has 0 radical (unpaired) electrons. The van der Waals surface area contributed by atoms with Crippen LogP contribution in [-0.2, 0) is 9.53 Å². The van der Waals surface area contributed by atoms with Gasteiger partial charge in [-0.2, -0.15) is 0 Å². The number of amides is 1. The largest absolute Gasteiger partial charge is 0.381 e. The molecule has 1 saturated heterocycles. The van der Waals surface area contributed by atoms with Gasteiger partial charge in [-0.15, -0.1) is 0 Å². The highest BCUT2D eigenvalue weighted by Crippen LogP contribution is 2.37. The zero-order chi connectivity index (χ0) is 18.4. The van der Waals surface area contributed by atoms with E-state index < -0.39 is 28.9 Å². The Morgan fingerprint density at radius 1 is 1.08 bits per heavy atom. The summed E-state index contributed by atoms with van der Waals surface area (Å²) < 4.78 is 47.5. The number of aromatic amines is 1. The second-order valence-electron chi connectivity index (χ2n) is 6.52. The van der Waals surface area contributed by atoms with Crippen LogP contribution in [0.25, 0.3) is 0 Å². The van der Waals surface area contributed by atoms with E-state index >= 15 is 0 Å². The zero-order valence-electron chi connectivity index (χ0n) is 13.7. The summed E-state index contributed by atoms with van der Waals surface area (Å²) in [4.78, 5) is 24.7. The van der Waals surface area contributed by atoms with Gasteiger partial charge in [-0.25, -0.2) is 13.2 Å². The third kappa shape index (κ3) is 2.72. The van der Waals surface area contributed by atoms with Crippen LogP contribution in [0.1, 0.15) is 42.3 Å². The number of nitrogens with zero attached hydrogens (tertiary/aromatic N) is 1. The number of benzene rings is 1. The first-order chi connectivity index (χ1) is 12.5. The first kappa shape index (κ1) is 16.9. The van der Waals surface area contributed by atoms with Gasteiger partial charge in [0.15, 0.2) is 17.5 Å². The number of hydrogen-bond acceptors (Lipinski definition) is 3. The van der Waals surface area contributed by atoms with Gasteiger partial charge >= 0.3 is 0 Å². The van der Waals surface area contributed by atoms with E-state index in [4.69, 9.17) is 4.74 Å². The Morgan fingerprint density at radius 3 is 2.38 bits per heavy atom. The molecule has 0 spiro atoms. The SMILES string of the molecule is O=C1C[C@H](c2cc(F)c(F)c(F)c2)c2c(n(C3CCOCC3)[nH]c2=O)N1. The fourth-order valence-electron chi connectivity index (χ4n) is 3.66. The lowest BCUT2D eigenvalue weighted by Crippen LogP contribution is -2.28. The smallest absolute Gasteiger partial charge is 0.270 e. The van der Waals surface area contributed by atoms with Crippen LogP contribution in [0.5, 0.6) is 0 Å². The zero-order valence-corrected chi connectivity index (χ0v) is 13.7. The fraction of sp³-hybridized carbons (Fsp3) is 0.412. The molecule has 0 unspecified atom stereocenters. The molecule has 2 N–H and O–H groups in total. The molecule has 1 aromatic heterocycles. The van der Waals surface area contributed by atoms with E-state index in [1.165, 1.54) is 0 Å². The van der Waals surface area contributed by atoms with Crippen LogP contribution >= 0.6 is 0 Å². The highest BCUT2D eigenvalue weighted by atomic mass is 19.2. The summed E-state index contributed by atoms with van der Waals surface area (Å²) in [7, 11) is 0. The molecular weight excluding hydrogens is 351 g/mol. The van der Waals surface area contributed by atoms with Crippen LogP contribution in [0.3, 0.4) is 0 Å². The normalized spacial score (nSPS) is 20.7. The van der Waals surface area contributed by atoms with Crippen molar-refractivity contribution in [2.45, 2.75) is 31.2 Å². The Kier molecular flexibility index (Phi) is 4.10. The second kappa shape index (κ2) is 6.31. The van der Waals surface area contributed by atoms with Gasteiger partial charge in [-0.3, -0.25) is 19.4 Å². The summed E-state index contributed by atoms with van der Waals surface area (Å²) in [5, 5.41) is 5.39. The molecule has 138 valence electrons. The van der Waals surface area contributed by atoms with Crippen LogP contribution in [0, 0.1) is 17.5 Å². The van der Waals surface area contributed by atoms with E-state index in [2.05, 4.69) is 10.4 Å². The molecule has 1 amide bonds. The van der Waals surface area contributed by atoms with E-state index in [9.17, 15) is 22.8 Å². The predicted molar refractivity (Wildman–Crippen MR) is 85.5 cm³/mol. The topological polar surface area (TPSA) is 76.1 Å². The van der Waals surface area contributed by atoms with E-state index in [1.54, 1.807) is 4.68 Å². The summed E-state index contributed by atoms with van der Waals surface area (Å²) in [5.41, 5.74) is -0.170. The van der Waals surface area contributed by atoms with Crippen molar-refractivity contribution in [1.82, 2.24) is 9.78 Å². The van der Waals surface area contributed by atoms with Crippen molar-refractivity contribution in [3.8, 4) is 0 Å². The molecular formula is C17H16F3N3O3. The molecule has 2 aromatic rings. The van der Waals surface area contributed by atoms with Gasteiger partial charge in [0.1, 0.15) is 5.82 Å². The van der Waals surface area contributed by atoms with Crippen molar-refractivity contribution in [2.75, 3.05) is 18.5 Å². The number of rotatable bonds is 2. The Morgan fingerprint density at radius 2 is 1.73 bits per heavy atom. The Balaban J connectivity index is 1.82. The minimum Gasteiger partial charge on any atom is -0.381 e. The molecule has 2 aliphatic heterocycles. The van der Waals surface area contributed by atoms with Gasteiger partial charge in [0, 0.05) is 25.6 Å². The molecule has 26 heavy (non-hydrogen) atoms. The molecule has 1 fully saturated rings. The number of halogens is 3. The van der Waals surface area contributed by atoms with Crippen molar-refractivity contribution in [3.05, 3.63) is 51.1 Å². The van der Waals surface area contributed by atoms with Crippen LogP contribution in [0.2, 0.25) is 0 Å². The molecule has 1 aromatic carbocycles. The number of H-pyrrole nitrogens is 1. The lowest BCUT2D eigenvalue weighted by molar-refractivity contribution is -0.116. The first-order valence-electron chi connectivity index (χ1n) is 8.32. The van der Waals surface area contributed by atoms with Crippen LogP contribution in [0.15, 0.2) is 16.9 Å². The monoisotopic (exact) mass is 367 g/mol. The van der Waals surface area contributed by atoms with Gasteiger partial charge < -0.3 is 10.1 Å². The minimum absolute atomic E-state index is 0.0488. The van der Waals surface area contributed by atoms with E-state index in [-0.39, 0.29) is 29.5 Å². The number of aromatic nitrogens is 2. The summed E-state index contributed by atoms with van der Waals surface area (Å²) in [5.74, 6) is -5.22. The standard InChI is InChI=1S/C17H16F3N3O3/c18-11-5-8(6-12(19)15(11)20)10-7-13(24)21-16-14(10)17(25)22-23(16)9-1-3-26-4-2-9/h5-6,9-10H,1-4,7H2,(H,21,24)(H,22,25)/t10-/m1/s1. The summed E-state index contributed by atoms with van der Waals surface area (Å²) in [6.07, 6.45) is 1.17. The summed E-state index contributed by atoms with van der Waals surface area (Å²) in [6.45, 7) is 1.07. The van der Waals surface area contributed by atoms with Crippen LogP contribution < -0.4 is 10.9 Å². The van der Waals surface area contributed by atoms with E-state index in [0.717, 1.165) is 12.1 Å². The Labute approximate surface area is 145 Å². The predicted octanol–water partition coefficient (Wildman–Crippen LogP) is 2.42. The third-order valence-corrected chi connectivity index (χ3v) is 4.92. The van der Waals surface area contributed by atoms with Gasteiger partial charge in [-0.05, 0) is 30.5 Å². The maximum absolute atomic E-state index is 13.6.